The molecule has 0 heterocycles. The molecule has 0 aliphatic rings. The van der Waals surface area contributed by atoms with Gasteiger partial charge in [-0.15, -0.1) is 0 Å². The lowest BCUT2D eigenvalue weighted by Gasteiger charge is -2.31. The van der Waals surface area contributed by atoms with E-state index in [1.165, 1.54) is 5.56 Å². The van der Waals surface area contributed by atoms with Gasteiger partial charge in [-0.25, -0.2) is 0 Å². The molecule has 0 bridgehead atoms. The summed E-state index contributed by atoms with van der Waals surface area (Å²) in [4.78, 5) is 28.0. The van der Waals surface area contributed by atoms with Crippen LogP contribution >= 0.6 is 11.6 Å². The van der Waals surface area contributed by atoms with Gasteiger partial charge in [-0.2, -0.15) is 0 Å². The Morgan fingerprint density at radius 3 is 2.22 bits per heavy atom. The largest absolute Gasteiger partial charge is 0.357 e. The van der Waals surface area contributed by atoms with Gasteiger partial charge in [-0.05, 0) is 36.1 Å². The maximum Gasteiger partial charge on any atom is 0.242 e. The van der Waals surface area contributed by atoms with Gasteiger partial charge in [0.25, 0.3) is 0 Å². The van der Waals surface area contributed by atoms with Gasteiger partial charge in [0.2, 0.25) is 11.8 Å². The number of nitrogens with one attached hydrogen (secondary N) is 1. The van der Waals surface area contributed by atoms with Crippen LogP contribution < -0.4 is 5.32 Å². The molecule has 4 nitrogen and oxygen atoms in total. The fourth-order valence-electron chi connectivity index (χ4n) is 3.68. The summed E-state index contributed by atoms with van der Waals surface area (Å²) in [5.74, 6) is -0.264. The third kappa shape index (κ3) is 6.44. The van der Waals surface area contributed by atoms with Gasteiger partial charge in [0, 0.05) is 31.5 Å². The van der Waals surface area contributed by atoms with E-state index >= 15 is 0 Å². The molecule has 32 heavy (non-hydrogen) atoms. The number of hydrogen-bond acceptors (Lipinski definition) is 2. The highest BCUT2D eigenvalue weighted by atomic mass is 35.5. The minimum atomic E-state index is -0.635. The summed E-state index contributed by atoms with van der Waals surface area (Å²) >= 11 is 6.40. The Kier molecular flexibility index (Phi) is 8.46. The quantitative estimate of drug-likeness (QED) is 0.502. The van der Waals surface area contributed by atoms with Gasteiger partial charge in [0.15, 0.2) is 0 Å². The van der Waals surface area contributed by atoms with E-state index in [1.807, 2.05) is 79.7 Å². The van der Waals surface area contributed by atoms with Crippen LogP contribution in [0.1, 0.15) is 28.7 Å². The maximum absolute atomic E-state index is 13.5. The number of aryl methyl sites for hydroxylation is 2. The summed E-state index contributed by atoms with van der Waals surface area (Å²) in [5.41, 5.74) is 4.10. The SMILES string of the molecule is CNC(=O)[C@H](Cc1ccccc1)N(Cc1ccccc1Cl)C(=O)CCc1ccc(C)cc1. The summed E-state index contributed by atoms with van der Waals surface area (Å²) in [5, 5.41) is 3.32. The predicted octanol–water partition coefficient (Wildman–Crippen LogP) is 4.97. The fraction of sp³-hybridized carbons (Fsp3) is 0.259. The van der Waals surface area contributed by atoms with Crippen molar-refractivity contribution in [2.75, 3.05) is 7.05 Å². The van der Waals surface area contributed by atoms with Crippen molar-refractivity contribution >= 4 is 23.4 Å². The van der Waals surface area contributed by atoms with Crippen LogP contribution in [0.5, 0.6) is 0 Å². The van der Waals surface area contributed by atoms with Crippen LogP contribution in [0.15, 0.2) is 78.9 Å². The molecule has 0 aliphatic carbocycles. The van der Waals surface area contributed by atoms with Crippen LogP contribution in [0.2, 0.25) is 5.02 Å². The highest BCUT2D eigenvalue weighted by Crippen LogP contribution is 2.21. The summed E-state index contributed by atoms with van der Waals surface area (Å²) < 4.78 is 0. The number of halogens is 1. The van der Waals surface area contributed by atoms with Crippen LogP contribution in [0.3, 0.4) is 0 Å². The van der Waals surface area contributed by atoms with Crippen molar-refractivity contribution in [1.29, 1.82) is 0 Å². The summed E-state index contributed by atoms with van der Waals surface area (Å²) in [6.07, 6.45) is 1.36. The molecule has 3 rings (SSSR count). The third-order valence-electron chi connectivity index (χ3n) is 5.56. The van der Waals surface area contributed by atoms with E-state index in [4.69, 9.17) is 11.6 Å². The first-order chi connectivity index (χ1) is 15.5. The molecule has 0 aromatic heterocycles. The first kappa shape index (κ1) is 23.6. The van der Waals surface area contributed by atoms with Gasteiger partial charge in [-0.3, -0.25) is 9.59 Å². The Balaban J connectivity index is 1.87. The van der Waals surface area contributed by atoms with E-state index < -0.39 is 6.04 Å². The topological polar surface area (TPSA) is 49.4 Å². The molecule has 0 spiro atoms. The Morgan fingerprint density at radius 1 is 0.906 bits per heavy atom. The molecule has 0 radical (unpaired) electrons. The predicted molar refractivity (Wildman–Crippen MR) is 130 cm³/mol. The molecule has 0 unspecified atom stereocenters. The number of hydrogen-bond donors (Lipinski definition) is 1. The smallest absolute Gasteiger partial charge is 0.242 e. The molecule has 1 N–H and O–H groups in total. The zero-order valence-corrected chi connectivity index (χ0v) is 19.3. The van der Waals surface area contributed by atoms with Crippen molar-refractivity contribution in [3.05, 3.63) is 106 Å². The second kappa shape index (κ2) is 11.5. The molecule has 166 valence electrons. The first-order valence-corrected chi connectivity index (χ1v) is 11.2. The average molecular weight is 449 g/mol. The Hall–Kier alpha value is -3.11. The highest BCUT2D eigenvalue weighted by Gasteiger charge is 2.30. The Labute approximate surface area is 195 Å². The Morgan fingerprint density at radius 2 is 1.56 bits per heavy atom. The van der Waals surface area contributed by atoms with Gasteiger partial charge < -0.3 is 10.2 Å². The standard InChI is InChI=1S/C27H29ClN2O2/c1-20-12-14-21(15-13-20)16-17-26(31)30(19-23-10-6-7-11-24(23)28)25(27(32)29-2)18-22-8-4-3-5-9-22/h3-15,25H,16-19H2,1-2H3,(H,29,32)/t25-/m0/s1. The molecule has 5 heteroatoms. The van der Waals surface area contributed by atoms with Crippen molar-refractivity contribution in [1.82, 2.24) is 10.2 Å². The van der Waals surface area contributed by atoms with Crippen molar-refractivity contribution in [3.8, 4) is 0 Å². The third-order valence-corrected chi connectivity index (χ3v) is 5.93. The van der Waals surface area contributed by atoms with Gasteiger partial charge in [0.05, 0.1) is 0 Å². The second-order valence-electron chi connectivity index (χ2n) is 7.92. The lowest BCUT2D eigenvalue weighted by molar-refractivity contribution is -0.141. The van der Waals surface area contributed by atoms with E-state index in [1.54, 1.807) is 18.0 Å². The minimum Gasteiger partial charge on any atom is -0.357 e. The molecule has 0 saturated carbocycles. The number of carbonyl (C=O) groups is 2. The molecular formula is C27H29ClN2O2. The van der Waals surface area contributed by atoms with Crippen molar-refractivity contribution in [2.24, 2.45) is 0 Å². The molecule has 0 saturated heterocycles. The van der Waals surface area contributed by atoms with Crippen LogP contribution in [0.25, 0.3) is 0 Å². The van der Waals surface area contributed by atoms with E-state index in [2.05, 4.69) is 5.32 Å². The van der Waals surface area contributed by atoms with E-state index in [0.29, 0.717) is 24.3 Å². The molecule has 0 fully saturated rings. The van der Waals surface area contributed by atoms with Crippen molar-refractivity contribution < 1.29 is 9.59 Å². The molecule has 3 aromatic rings. The number of benzene rings is 3. The zero-order valence-electron chi connectivity index (χ0n) is 18.6. The van der Waals surface area contributed by atoms with Crippen LogP contribution in [-0.4, -0.2) is 29.8 Å². The van der Waals surface area contributed by atoms with E-state index in [0.717, 1.165) is 16.7 Å². The average Bonchev–Trinajstić information content (AvgIpc) is 2.82. The number of rotatable bonds is 9. The van der Waals surface area contributed by atoms with Gasteiger partial charge >= 0.3 is 0 Å². The zero-order chi connectivity index (χ0) is 22.9. The highest BCUT2D eigenvalue weighted by molar-refractivity contribution is 6.31. The number of nitrogens with zero attached hydrogens (tertiary/aromatic N) is 1. The van der Waals surface area contributed by atoms with Gasteiger partial charge in [0.1, 0.15) is 6.04 Å². The van der Waals surface area contributed by atoms with E-state index in [-0.39, 0.29) is 18.4 Å². The summed E-state index contributed by atoms with van der Waals surface area (Å²) in [6, 6.07) is 24.7. The lowest BCUT2D eigenvalue weighted by Crippen LogP contribution is -2.49. The Bertz CT molecular complexity index is 1040. The molecular weight excluding hydrogens is 420 g/mol. The molecule has 3 aromatic carbocycles. The monoisotopic (exact) mass is 448 g/mol. The normalized spacial score (nSPS) is 11.6. The van der Waals surface area contributed by atoms with Crippen LogP contribution in [0, 0.1) is 6.92 Å². The van der Waals surface area contributed by atoms with Crippen LogP contribution in [0.4, 0.5) is 0 Å². The summed E-state index contributed by atoms with van der Waals surface area (Å²) in [7, 11) is 1.60. The maximum atomic E-state index is 13.5. The molecule has 0 aliphatic heterocycles. The first-order valence-electron chi connectivity index (χ1n) is 10.8. The fourth-order valence-corrected chi connectivity index (χ4v) is 3.88. The molecule has 1 atom stereocenters. The van der Waals surface area contributed by atoms with Crippen LogP contribution in [-0.2, 0) is 29.0 Å². The minimum absolute atomic E-state index is 0.0741. The summed E-state index contributed by atoms with van der Waals surface area (Å²) in [6.45, 7) is 2.31. The number of likely N-dealkylation sites (N-methyl/N-ethyl adjacent to an activating group) is 1. The number of carbonyl (C=O) groups excluding carboxylic acids is 2. The van der Waals surface area contributed by atoms with Crippen molar-refractivity contribution in [2.45, 2.75) is 38.8 Å². The van der Waals surface area contributed by atoms with Crippen molar-refractivity contribution in [3.63, 3.8) is 0 Å². The number of amides is 2. The second-order valence-corrected chi connectivity index (χ2v) is 8.33. The van der Waals surface area contributed by atoms with E-state index in [9.17, 15) is 9.59 Å². The van der Waals surface area contributed by atoms with Gasteiger partial charge in [-0.1, -0.05) is 90.0 Å². The molecule has 2 amide bonds. The lowest BCUT2D eigenvalue weighted by atomic mass is 10.0.